The van der Waals surface area contributed by atoms with Gasteiger partial charge < -0.3 is 15.4 Å². The van der Waals surface area contributed by atoms with Crippen molar-refractivity contribution in [2.75, 3.05) is 12.4 Å². The average Bonchev–Trinajstić information content (AvgIpc) is 3.27. The summed E-state index contributed by atoms with van der Waals surface area (Å²) in [6.07, 6.45) is 5.80. The fraction of sp³-hybridized carbons (Fsp3) is 0.269. The van der Waals surface area contributed by atoms with Crippen molar-refractivity contribution < 1.29 is 9.53 Å². The fourth-order valence-electron chi connectivity index (χ4n) is 4.29. The van der Waals surface area contributed by atoms with Gasteiger partial charge in [-0.15, -0.1) is 5.10 Å². The van der Waals surface area contributed by atoms with E-state index in [9.17, 15) is 4.79 Å². The van der Waals surface area contributed by atoms with E-state index in [4.69, 9.17) is 4.74 Å². The lowest BCUT2D eigenvalue weighted by molar-refractivity contribution is 0.0927. The molecule has 1 amide bonds. The number of hydrogen-bond acceptors (Lipinski definition) is 5. The number of aromatic nitrogens is 3. The first kappa shape index (κ1) is 21.0. The number of ether oxygens (including phenoxy) is 1. The minimum Gasteiger partial charge on any atom is -0.497 e. The van der Waals surface area contributed by atoms with Crippen LogP contribution in [0.15, 0.2) is 66.7 Å². The molecule has 2 heterocycles. The summed E-state index contributed by atoms with van der Waals surface area (Å²) in [7, 11) is 1.65. The Labute approximate surface area is 192 Å². The first-order valence-corrected chi connectivity index (χ1v) is 11.4. The van der Waals surface area contributed by atoms with Crippen molar-refractivity contribution in [3.63, 3.8) is 0 Å². The van der Waals surface area contributed by atoms with Gasteiger partial charge in [0.15, 0.2) is 5.65 Å². The van der Waals surface area contributed by atoms with Gasteiger partial charge in [0.2, 0.25) is 5.95 Å². The normalized spacial score (nSPS) is 14.2. The van der Waals surface area contributed by atoms with Crippen molar-refractivity contribution in [1.29, 1.82) is 0 Å². The van der Waals surface area contributed by atoms with Gasteiger partial charge in [0.1, 0.15) is 5.75 Å². The van der Waals surface area contributed by atoms with Gasteiger partial charge in [-0.25, -0.2) is 4.52 Å². The van der Waals surface area contributed by atoms with E-state index in [0.717, 1.165) is 41.2 Å². The summed E-state index contributed by atoms with van der Waals surface area (Å²) in [5.74, 6) is 1.29. The van der Waals surface area contributed by atoms with Crippen molar-refractivity contribution in [1.82, 2.24) is 19.9 Å². The molecular weight excluding hydrogens is 414 g/mol. The number of nitrogens with zero attached hydrogens (tertiary/aromatic N) is 3. The van der Waals surface area contributed by atoms with Crippen LogP contribution < -0.4 is 15.4 Å². The smallest absolute Gasteiger partial charge is 0.251 e. The molecule has 1 saturated carbocycles. The molecule has 0 aliphatic heterocycles. The number of carbonyl (C=O) groups is 1. The Morgan fingerprint density at radius 1 is 0.970 bits per heavy atom. The van der Waals surface area contributed by atoms with Gasteiger partial charge in [0.25, 0.3) is 5.91 Å². The standard InChI is InChI=1S/C26H27N5O2/c1-33-22-16-12-18(13-17-22)23-8-5-9-24-29-26(30-31(23)24)28-21-14-10-19(11-15-21)25(32)27-20-6-3-2-4-7-20/h5,8-17,20H,2-4,6-7H2,1H3,(H,27,32)(H,28,30). The maximum absolute atomic E-state index is 12.5. The van der Waals surface area contributed by atoms with Crippen LogP contribution in [-0.4, -0.2) is 33.7 Å². The number of hydrogen-bond donors (Lipinski definition) is 2. The van der Waals surface area contributed by atoms with Crippen molar-refractivity contribution in [3.05, 3.63) is 72.3 Å². The highest BCUT2D eigenvalue weighted by Crippen LogP contribution is 2.24. The molecule has 0 spiro atoms. The summed E-state index contributed by atoms with van der Waals surface area (Å²) in [5.41, 5.74) is 4.19. The maximum atomic E-state index is 12.5. The number of rotatable bonds is 6. The topological polar surface area (TPSA) is 80.5 Å². The number of benzene rings is 2. The number of nitrogens with one attached hydrogen (secondary N) is 2. The van der Waals surface area contributed by atoms with Gasteiger partial charge in [-0.1, -0.05) is 25.3 Å². The Balaban J connectivity index is 1.31. The van der Waals surface area contributed by atoms with E-state index < -0.39 is 0 Å². The van der Waals surface area contributed by atoms with Crippen LogP contribution in [0.1, 0.15) is 42.5 Å². The van der Waals surface area contributed by atoms with Crippen LogP contribution in [-0.2, 0) is 0 Å². The summed E-state index contributed by atoms with van der Waals surface area (Å²) in [4.78, 5) is 17.1. The van der Waals surface area contributed by atoms with Crippen molar-refractivity contribution in [3.8, 4) is 17.0 Å². The predicted molar refractivity (Wildman–Crippen MR) is 129 cm³/mol. The molecule has 33 heavy (non-hydrogen) atoms. The molecule has 7 nitrogen and oxygen atoms in total. The van der Waals surface area contributed by atoms with Crippen LogP contribution in [0.2, 0.25) is 0 Å². The van der Waals surface area contributed by atoms with E-state index >= 15 is 0 Å². The van der Waals surface area contributed by atoms with Crippen LogP contribution in [0.3, 0.4) is 0 Å². The minimum absolute atomic E-state index is 0.0107. The Bertz CT molecular complexity index is 1240. The summed E-state index contributed by atoms with van der Waals surface area (Å²) in [6.45, 7) is 0. The molecule has 4 aromatic rings. The van der Waals surface area contributed by atoms with Crippen LogP contribution in [0.4, 0.5) is 11.6 Å². The maximum Gasteiger partial charge on any atom is 0.251 e. The number of methoxy groups -OCH3 is 1. The highest BCUT2D eigenvalue weighted by atomic mass is 16.5. The molecule has 0 radical (unpaired) electrons. The number of fused-ring (bicyclic) bond motifs is 1. The van der Waals surface area contributed by atoms with Gasteiger partial charge >= 0.3 is 0 Å². The van der Waals surface area contributed by atoms with Crippen LogP contribution in [0.5, 0.6) is 5.75 Å². The highest BCUT2D eigenvalue weighted by Gasteiger charge is 2.16. The van der Waals surface area contributed by atoms with Crippen LogP contribution in [0.25, 0.3) is 16.9 Å². The minimum atomic E-state index is -0.0107. The third-order valence-corrected chi connectivity index (χ3v) is 6.09. The molecule has 2 N–H and O–H groups in total. The number of anilines is 2. The lowest BCUT2D eigenvalue weighted by Crippen LogP contribution is -2.36. The predicted octanol–water partition coefficient (Wildman–Crippen LogP) is 5.21. The average molecular weight is 442 g/mol. The van der Waals surface area contributed by atoms with Crippen LogP contribution in [0, 0.1) is 0 Å². The van der Waals surface area contributed by atoms with Gasteiger partial charge in [0, 0.05) is 22.9 Å². The third-order valence-electron chi connectivity index (χ3n) is 6.09. The molecule has 2 aromatic carbocycles. The van der Waals surface area contributed by atoms with Gasteiger partial charge in [-0.2, -0.15) is 4.98 Å². The van der Waals surface area contributed by atoms with Gasteiger partial charge in [0.05, 0.1) is 12.8 Å². The third kappa shape index (κ3) is 4.67. The first-order valence-electron chi connectivity index (χ1n) is 11.4. The van der Waals surface area contributed by atoms with Gasteiger partial charge in [-0.3, -0.25) is 4.79 Å². The molecule has 168 valence electrons. The van der Waals surface area contributed by atoms with E-state index in [0.29, 0.717) is 17.6 Å². The largest absolute Gasteiger partial charge is 0.497 e. The molecular formula is C26H27N5O2. The molecule has 1 aliphatic carbocycles. The quantitative estimate of drug-likeness (QED) is 0.429. The molecule has 2 aromatic heterocycles. The molecule has 0 saturated heterocycles. The van der Waals surface area contributed by atoms with E-state index in [2.05, 4.69) is 20.7 Å². The summed E-state index contributed by atoms with van der Waals surface area (Å²) >= 11 is 0. The van der Waals surface area contributed by atoms with Gasteiger partial charge in [-0.05, 0) is 73.5 Å². The van der Waals surface area contributed by atoms with Crippen molar-refractivity contribution >= 4 is 23.2 Å². The van der Waals surface area contributed by atoms with Crippen molar-refractivity contribution in [2.45, 2.75) is 38.1 Å². The monoisotopic (exact) mass is 441 g/mol. The summed E-state index contributed by atoms with van der Waals surface area (Å²) in [5, 5.41) is 11.0. The van der Waals surface area contributed by atoms with E-state index in [1.807, 2.05) is 71.2 Å². The molecule has 0 atom stereocenters. The zero-order valence-electron chi connectivity index (χ0n) is 18.6. The highest BCUT2D eigenvalue weighted by molar-refractivity contribution is 5.94. The molecule has 5 rings (SSSR count). The molecule has 0 bridgehead atoms. The van der Waals surface area contributed by atoms with E-state index in [1.165, 1.54) is 19.3 Å². The lowest BCUT2D eigenvalue weighted by Gasteiger charge is -2.22. The number of amides is 1. The fourth-order valence-corrected chi connectivity index (χ4v) is 4.29. The SMILES string of the molecule is COc1ccc(-c2cccc3nc(Nc4ccc(C(=O)NC5CCCCC5)cc4)nn23)cc1. The molecule has 0 unspecified atom stereocenters. The number of carbonyl (C=O) groups excluding carboxylic acids is 1. The second-order valence-corrected chi connectivity index (χ2v) is 8.36. The molecule has 1 fully saturated rings. The zero-order valence-corrected chi connectivity index (χ0v) is 18.6. The summed E-state index contributed by atoms with van der Waals surface area (Å²) < 4.78 is 7.07. The second kappa shape index (κ2) is 9.32. The summed E-state index contributed by atoms with van der Waals surface area (Å²) in [6, 6.07) is 21.5. The zero-order chi connectivity index (χ0) is 22.6. The molecule has 1 aliphatic rings. The van der Waals surface area contributed by atoms with E-state index in [-0.39, 0.29) is 5.91 Å². The lowest BCUT2D eigenvalue weighted by atomic mass is 9.95. The Morgan fingerprint density at radius 3 is 2.45 bits per heavy atom. The van der Waals surface area contributed by atoms with Crippen LogP contribution >= 0.6 is 0 Å². The second-order valence-electron chi connectivity index (χ2n) is 8.36. The Morgan fingerprint density at radius 2 is 1.73 bits per heavy atom. The number of pyridine rings is 1. The Kier molecular flexibility index (Phi) is 5.93. The van der Waals surface area contributed by atoms with Crippen molar-refractivity contribution in [2.24, 2.45) is 0 Å². The Hall–Kier alpha value is -3.87. The first-order chi connectivity index (χ1) is 16.2. The van der Waals surface area contributed by atoms with E-state index in [1.54, 1.807) is 7.11 Å². The molecule has 7 heteroatoms.